The number of rotatable bonds is 8. The van der Waals surface area contributed by atoms with Gasteiger partial charge >= 0.3 is 0 Å². The van der Waals surface area contributed by atoms with Crippen molar-refractivity contribution in [2.45, 2.75) is 25.2 Å². The number of allylic oxidation sites excluding steroid dienone is 1. The maximum atomic E-state index is 12.5. The third-order valence-corrected chi connectivity index (χ3v) is 6.16. The molecule has 144 valence electrons. The molecule has 0 radical (unpaired) electrons. The van der Waals surface area contributed by atoms with Crippen molar-refractivity contribution >= 4 is 21.5 Å². The average Bonchev–Trinajstić information content (AvgIpc) is 2.67. The van der Waals surface area contributed by atoms with E-state index in [9.17, 15) is 13.2 Å². The topological polar surface area (TPSA) is 66.5 Å². The lowest BCUT2D eigenvalue weighted by atomic mass is 10.0. The second-order valence-corrected chi connectivity index (χ2v) is 8.36. The molecule has 0 heterocycles. The van der Waals surface area contributed by atoms with Crippen LogP contribution in [0.1, 0.15) is 24.5 Å². The van der Waals surface area contributed by atoms with Gasteiger partial charge in [-0.3, -0.25) is 4.79 Å². The zero-order valence-electron chi connectivity index (χ0n) is 16.0. The van der Waals surface area contributed by atoms with Crippen molar-refractivity contribution in [3.8, 4) is 0 Å². The van der Waals surface area contributed by atoms with E-state index < -0.39 is 10.0 Å². The number of hydrogen-bond acceptors (Lipinski definition) is 3. The Balaban J connectivity index is 1.93. The van der Waals surface area contributed by atoms with Crippen molar-refractivity contribution in [2.24, 2.45) is 0 Å². The van der Waals surface area contributed by atoms with Crippen molar-refractivity contribution in [2.75, 3.05) is 20.1 Å². The normalized spacial score (nSPS) is 12.2. The highest BCUT2D eigenvalue weighted by Crippen LogP contribution is 2.17. The third-order valence-electron chi connectivity index (χ3n) is 4.29. The highest BCUT2D eigenvalue weighted by atomic mass is 32.2. The average molecular weight is 387 g/mol. The summed E-state index contributed by atoms with van der Waals surface area (Å²) in [5.74, 6) is -0.225. The van der Waals surface area contributed by atoms with E-state index in [1.165, 1.54) is 11.4 Å². The zero-order valence-corrected chi connectivity index (χ0v) is 16.8. The fourth-order valence-corrected chi connectivity index (χ4v) is 3.77. The first-order chi connectivity index (χ1) is 12.8. The second-order valence-electron chi connectivity index (χ2n) is 6.32. The molecule has 2 aromatic carbocycles. The van der Waals surface area contributed by atoms with Gasteiger partial charge in [0.1, 0.15) is 0 Å². The largest absolute Gasteiger partial charge is 0.351 e. The molecule has 6 heteroatoms. The number of nitrogens with one attached hydrogen (secondary N) is 1. The number of hydrogen-bond donors (Lipinski definition) is 1. The molecule has 0 bridgehead atoms. The van der Waals surface area contributed by atoms with Gasteiger partial charge in [0.25, 0.3) is 0 Å². The Labute approximate surface area is 161 Å². The lowest BCUT2D eigenvalue weighted by Crippen LogP contribution is -2.35. The van der Waals surface area contributed by atoms with E-state index in [4.69, 9.17) is 0 Å². The Morgan fingerprint density at radius 1 is 1.07 bits per heavy atom. The number of nitrogens with zero attached hydrogens (tertiary/aromatic N) is 1. The Bertz CT molecular complexity index is 889. The van der Waals surface area contributed by atoms with Gasteiger partial charge in [0.15, 0.2) is 0 Å². The molecule has 2 rings (SSSR count). The van der Waals surface area contributed by atoms with Crippen LogP contribution in [0, 0.1) is 6.92 Å². The molecule has 1 amide bonds. The van der Waals surface area contributed by atoms with Crippen LogP contribution >= 0.6 is 0 Å². The minimum atomic E-state index is -3.56. The molecule has 0 aliphatic rings. The SMILES string of the molecule is CC/C(=C\C(=O)NCCN(C)S(=O)(=O)c1ccc(C)cc1)c1ccccc1. The standard InChI is InChI=1S/C21H26N2O3S/c1-4-18(19-8-6-5-7-9-19)16-21(24)22-14-15-23(3)27(25,26)20-12-10-17(2)11-13-20/h5-13,16H,4,14-15H2,1-3H3,(H,22,24)/b18-16+. The number of benzene rings is 2. The molecule has 5 nitrogen and oxygen atoms in total. The summed E-state index contributed by atoms with van der Waals surface area (Å²) < 4.78 is 26.3. The summed E-state index contributed by atoms with van der Waals surface area (Å²) in [5, 5.41) is 2.76. The van der Waals surface area contributed by atoms with Crippen LogP contribution in [0.15, 0.2) is 65.6 Å². The fourth-order valence-electron chi connectivity index (χ4n) is 2.60. The smallest absolute Gasteiger partial charge is 0.244 e. The van der Waals surface area contributed by atoms with Crippen LogP contribution in [0.5, 0.6) is 0 Å². The van der Waals surface area contributed by atoms with Gasteiger partial charge in [0.05, 0.1) is 4.90 Å². The minimum absolute atomic E-state index is 0.197. The van der Waals surface area contributed by atoms with Crippen molar-refractivity contribution in [1.29, 1.82) is 0 Å². The lowest BCUT2D eigenvalue weighted by Gasteiger charge is -2.17. The van der Waals surface area contributed by atoms with E-state index in [1.807, 2.05) is 44.2 Å². The molecule has 0 aliphatic carbocycles. The molecular formula is C21H26N2O3S. The van der Waals surface area contributed by atoms with Gasteiger partial charge in [-0.25, -0.2) is 8.42 Å². The maximum absolute atomic E-state index is 12.5. The summed E-state index contributed by atoms with van der Waals surface area (Å²) in [6.07, 6.45) is 2.31. The predicted octanol–water partition coefficient (Wildman–Crippen LogP) is 3.23. The Morgan fingerprint density at radius 2 is 1.70 bits per heavy atom. The number of amides is 1. The van der Waals surface area contributed by atoms with Crippen LogP contribution in [-0.2, 0) is 14.8 Å². The molecule has 0 saturated heterocycles. The van der Waals surface area contributed by atoms with Gasteiger partial charge in [-0.05, 0) is 36.6 Å². The summed E-state index contributed by atoms with van der Waals surface area (Å²) in [7, 11) is -2.05. The number of carbonyl (C=O) groups excluding carboxylic acids is 1. The van der Waals surface area contributed by atoms with E-state index in [2.05, 4.69) is 5.32 Å². The molecule has 0 atom stereocenters. The van der Waals surface area contributed by atoms with E-state index in [1.54, 1.807) is 30.3 Å². The molecular weight excluding hydrogens is 360 g/mol. The van der Waals surface area contributed by atoms with Crippen LogP contribution in [-0.4, -0.2) is 38.8 Å². The number of aryl methyl sites for hydroxylation is 1. The highest BCUT2D eigenvalue weighted by Gasteiger charge is 2.20. The summed E-state index contributed by atoms with van der Waals surface area (Å²) >= 11 is 0. The van der Waals surface area contributed by atoms with Gasteiger partial charge < -0.3 is 5.32 Å². The molecule has 0 aliphatic heterocycles. The quantitative estimate of drug-likeness (QED) is 0.709. The van der Waals surface area contributed by atoms with Crippen molar-refractivity contribution < 1.29 is 13.2 Å². The summed E-state index contributed by atoms with van der Waals surface area (Å²) in [5.41, 5.74) is 2.95. The minimum Gasteiger partial charge on any atom is -0.351 e. The highest BCUT2D eigenvalue weighted by molar-refractivity contribution is 7.89. The van der Waals surface area contributed by atoms with Crippen LogP contribution in [0.25, 0.3) is 5.57 Å². The van der Waals surface area contributed by atoms with Crippen LogP contribution < -0.4 is 5.32 Å². The van der Waals surface area contributed by atoms with Crippen molar-refractivity contribution in [3.05, 3.63) is 71.8 Å². The van der Waals surface area contributed by atoms with Gasteiger partial charge in [0.2, 0.25) is 15.9 Å². The first-order valence-electron chi connectivity index (χ1n) is 8.91. The molecule has 2 aromatic rings. The van der Waals surface area contributed by atoms with Crippen LogP contribution in [0.2, 0.25) is 0 Å². The lowest BCUT2D eigenvalue weighted by molar-refractivity contribution is -0.116. The van der Waals surface area contributed by atoms with Gasteiger partial charge in [0, 0.05) is 26.2 Å². The monoisotopic (exact) mass is 386 g/mol. The van der Waals surface area contributed by atoms with Gasteiger partial charge in [-0.15, -0.1) is 0 Å². The predicted molar refractivity (Wildman–Crippen MR) is 109 cm³/mol. The summed E-state index contributed by atoms with van der Waals surface area (Å²) in [6, 6.07) is 16.4. The zero-order chi connectivity index (χ0) is 19.9. The first-order valence-corrected chi connectivity index (χ1v) is 10.4. The first kappa shape index (κ1) is 20.9. The van der Waals surface area contributed by atoms with E-state index in [0.717, 1.165) is 23.1 Å². The third kappa shape index (κ3) is 5.77. The maximum Gasteiger partial charge on any atom is 0.244 e. The molecule has 27 heavy (non-hydrogen) atoms. The Hall–Kier alpha value is -2.44. The molecule has 0 aromatic heterocycles. The molecule has 0 spiro atoms. The summed E-state index contributed by atoms with van der Waals surface area (Å²) in [6.45, 7) is 4.34. The Kier molecular flexibility index (Phi) is 7.33. The van der Waals surface area contributed by atoms with E-state index in [-0.39, 0.29) is 23.9 Å². The van der Waals surface area contributed by atoms with Crippen LogP contribution in [0.4, 0.5) is 0 Å². The molecule has 0 unspecified atom stereocenters. The van der Waals surface area contributed by atoms with Crippen LogP contribution in [0.3, 0.4) is 0 Å². The van der Waals surface area contributed by atoms with Gasteiger partial charge in [-0.2, -0.15) is 4.31 Å². The fraction of sp³-hybridized carbons (Fsp3) is 0.286. The Morgan fingerprint density at radius 3 is 2.30 bits per heavy atom. The van der Waals surface area contributed by atoms with Crippen molar-refractivity contribution in [3.63, 3.8) is 0 Å². The second kappa shape index (κ2) is 9.48. The molecule has 0 saturated carbocycles. The van der Waals surface area contributed by atoms with Gasteiger partial charge in [-0.1, -0.05) is 55.0 Å². The number of carbonyl (C=O) groups is 1. The van der Waals surface area contributed by atoms with Crippen molar-refractivity contribution in [1.82, 2.24) is 9.62 Å². The van der Waals surface area contributed by atoms with E-state index in [0.29, 0.717) is 0 Å². The van der Waals surface area contributed by atoms with E-state index >= 15 is 0 Å². The number of sulfonamides is 1. The molecule has 0 fully saturated rings. The summed E-state index contributed by atoms with van der Waals surface area (Å²) in [4.78, 5) is 12.4. The molecule has 1 N–H and O–H groups in total. The number of likely N-dealkylation sites (N-methyl/N-ethyl adjacent to an activating group) is 1.